The number of benzene rings is 1. The average Bonchev–Trinajstić information content (AvgIpc) is 3.03. The first-order valence-electron chi connectivity index (χ1n) is 6.35. The Labute approximate surface area is 142 Å². The molecule has 1 amide bonds. The standard InChI is InChI=1S/C14H9ClF2N2O2S2/c1-6-5-22-14(18-6)19-12(20)11-10(15)9-7(21-13(16)17)3-2-4-8(9)23-11/h2-5,13H,1H3,(H,18,19,20). The number of carbonyl (C=O) groups excluding carboxylic acids is 1. The molecule has 0 bridgehead atoms. The molecule has 3 rings (SSSR count). The Balaban J connectivity index is 1.98. The fourth-order valence-corrected chi connectivity index (χ4v) is 4.13. The molecule has 1 N–H and O–H groups in total. The highest BCUT2D eigenvalue weighted by atomic mass is 35.5. The first-order chi connectivity index (χ1) is 11.0. The number of halogens is 3. The predicted molar refractivity (Wildman–Crippen MR) is 88.3 cm³/mol. The molecule has 0 unspecified atom stereocenters. The van der Waals surface area contributed by atoms with E-state index in [0.717, 1.165) is 17.0 Å². The lowest BCUT2D eigenvalue weighted by molar-refractivity contribution is -0.0487. The number of ether oxygens (including phenoxy) is 1. The molecule has 0 radical (unpaired) electrons. The Morgan fingerprint density at radius 2 is 2.22 bits per heavy atom. The first kappa shape index (κ1) is 16.1. The van der Waals surface area contributed by atoms with E-state index in [1.165, 1.54) is 17.4 Å². The Bertz CT molecular complexity index is 879. The van der Waals surface area contributed by atoms with Gasteiger partial charge in [-0.15, -0.1) is 22.7 Å². The Hall–Kier alpha value is -1.77. The molecule has 0 aliphatic heterocycles. The third-order valence-electron chi connectivity index (χ3n) is 2.88. The zero-order valence-corrected chi connectivity index (χ0v) is 14.0. The number of aromatic nitrogens is 1. The number of alkyl halides is 2. The second-order valence-corrected chi connectivity index (χ2v) is 6.79. The number of hydrogen-bond acceptors (Lipinski definition) is 5. The molecule has 0 spiro atoms. The van der Waals surface area contributed by atoms with Crippen LogP contribution in [0.2, 0.25) is 5.02 Å². The number of hydrogen-bond donors (Lipinski definition) is 1. The van der Waals surface area contributed by atoms with E-state index in [1.807, 2.05) is 6.92 Å². The fourth-order valence-electron chi connectivity index (χ4n) is 1.99. The smallest absolute Gasteiger partial charge is 0.387 e. The number of amides is 1. The van der Waals surface area contributed by atoms with E-state index in [-0.39, 0.29) is 15.6 Å². The third kappa shape index (κ3) is 3.29. The summed E-state index contributed by atoms with van der Waals surface area (Å²) in [6.45, 7) is -1.15. The lowest BCUT2D eigenvalue weighted by Gasteiger charge is -2.05. The van der Waals surface area contributed by atoms with Gasteiger partial charge >= 0.3 is 6.61 Å². The Morgan fingerprint density at radius 1 is 1.43 bits per heavy atom. The molecule has 9 heteroatoms. The third-order valence-corrected chi connectivity index (χ3v) is 5.40. The highest BCUT2D eigenvalue weighted by Crippen LogP contribution is 2.41. The summed E-state index contributed by atoms with van der Waals surface area (Å²) in [4.78, 5) is 16.7. The highest BCUT2D eigenvalue weighted by molar-refractivity contribution is 7.22. The summed E-state index contributed by atoms with van der Waals surface area (Å²) in [6.07, 6.45) is 0. The average molecular weight is 375 g/mol. The topological polar surface area (TPSA) is 51.2 Å². The summed E-state index contributed by atoms with van der Waals surface area (Å²) in [5.41, 5.74) is 0.792. The van der Waals surface area contributed by atoms with E-state index in [1.54, 1.807) is 17.5 Å². The van der Waals surface area contributed by atoms with Crippen molar-refractivity contribution in [2.75, 3.05) is 5.32 Å². The summed E-state index contributed by atoms with van der Waals surface area (Å²) in [5.74, 6) is -0.489. The van der Waals surface area contributed by atoms with Gasteiger partial charge in [-0.2, -0.15) is 8.78 Å². The molecule has 3 aromatic rings. The summed E-state index contributed by atoms with van der Waals surface area (Å²) in [5, 5.41) is 5.29. The molecule has 4 nitrogen and oxygen atoms in total. The Morgan fingerprint density at radius 3 is 2.87 bits per heavy atom. The number of carbonyl (C=O) groups is 1. The normalized spacial score (nSPS) is 11.2. The van der Waals surface area contributed by atoms with Crippen molar-refractivity contribution in [1.29, 1.82) is 0 Å². The molecular weight excluding hydrogens is 366 g/mol. The zero-order valence-electron chi connectivity index (χ0n) is 11.6. The van der Waals surface area contributed by atoms with Crippen molar-refractivity contribution in [2.45, 2.75) is 13.5 Å². The van der Waals surface area contributed by atoms with Crippen LogP contribution in [-0.2, 0) is 0 Å². The first-order valence-corrected chi connectivity index (χ1v) is 8.42. The van der Waals surface area contributed by atoms with Crippen LogP contribution in [0.1, 0.15) is 15.4 Å². The van der Waals surface area contributed by atoms with Crippen molar-refractivity contribution in [3.05, 3.63) is 39.2 Å². The van der Waals surface area contributed by atoms with Crippen LogP contribution in [0, 0.1) is 6.92 Å². The van der Waals surface area contributed by atoms with Crippen LogP contribution >= 0.6 is 34.3 Å². The fraction of sp³-hybridized carbons (Fsp3) is 0.143. The molecule has 0 saturated carbocycles. The maximum absolute atomic E-state index is 12.5. The van der Waals surface area contributed by atoms with Crippen LogP contribution < -0.4 is 10.1 Å². The monoisotopic (exact) mass is 374 g/mol. The number of anilines is 1. The van der Waals surface area contributed by atoms with Gasteiger partial charge in [-0.3, -0.25) is 10.1 Å². The molecule has 0 aliphatic carbocycles. The van der Waals surface area contributed by atoms with Gasteiger partial charge < -0.3 is 4.74 Å². The van der Waals surface area contributed by atoms with Crippen LogP contribution in [0.4, 0.5) is 13.9 Å². The SMILES string of the molecule is Cc1csc(NC(=O)c2sc3cccc(OC(F)F)c3c2Cl)n1. The second kappa shape index (κ2) is 6.38. The molecule has 2 heterocycles. The van der Waals surface area contributed by atoms with Crippen molar-refractivity contribution in [1.82, 2.24) is 4.98 Å². The molecule has 23 heavy (non-hydrogen) atoms. The molecular formula is C14H9ClF2N2O2S2. The summed E-state index contributed by atoms with van der Waals surface area (Å²) in [7, 11) is 0. The van der Waals surface area contributed by atoms with Crippen LogP contribution in [-0.4, -0.2) is 17.5 Å². The van der Waals surface area contributed by atoms with E-state index >= 15 is 0 Å². The van der Waals surface area contributed by atoms with Gasteiger partial charge in [0.25, 0.3) is 5.91 Å². The van der Waals surface area contributed by atoms with E-state index in [9.17, 15) is 13.6 Å². The number of thiophene rings is 1. The van der Waals surface area contributed by atoms with E-state index < -0.39 is 12.5 Å². The minimum atomic E-state index is -2.97. The number of aryl methyl sites for hydroxylation is 1. The van der Waals surface area contributed by atoms with Crippen LogP contribution in [0.3, 0.4) is 0 Å². The number of rotatable bonds is 4. The van der Waals surface area contributed by atoms with Gasteiger partial charge in [-0.25, -0.2) is 4.98 Å². The molecule has 0 saturated heterocycles. The van der Waals surface area contributed by atoms with Gasteiger partial charge in [0.15, 0.2) is 5.13 Å². The summed E-state index contributed by atoms with van der Waals surface area (Å²) < 4.78 is 30.0. The van der Waals surface area contributed by atoms with Crippen molar-refractivity contribution in [3.63, 3.8) is 0 Å². The lowest BCUT2D eigenvalue weighted by Crippen LogP contribution is -2.10. The minimum Gasteiger partial charge on any atom is -0.434 e. The number of nitrogens with zero attached hydrogens (tertiary/aromatic N) is 1. The second-order valence-electron chi connectivity index (χ2n) is 4.50. The lowest BCUT2D eigenvalue weighted by atomic mass is 10.2. The summed E-state index contributed by atoms with van der Waals surface area (Å²) in [6, 6.07) is 4.65. The Kier molecular flexibility index (Phi) is 4.47. The molecule has 0 aliphatic rings. The minimum absolute atomic E-state index is 0.0529. The van der Waals surface area contributed by atoms with E-state index in [0.29, 0.717) is 15.2 Å². The van der Waals surface area contributed by atoms with E-state index in [4.69, 9.17) is 11.6 Å². The van der Waals surface area contributed by atoms with Crippen molar-refractivity contribution >= 4 is 55.4 Å². The molecule has 0 atom stereocenters. The molecule has 120 valence electrons. The largest absolute Gasteiger partial charge is 0.434 e. The zero-order chi connectivity index (χ0) is 16.6. The van der Waals surface area contributed by atoms with Crippen LogP contribution in [0.15, 0.2) is 23.6 Å². The number of nitrogens with one attached hydrogen (secondary N) is 1. The van der Waals surface area contributed by atoms with Gasteiger partial charge in [0.05, 0.1) is 16.1 Å². The van der Waals surface area contributed by atoms with Gasteiger partial charge in [0.2, 0.25) is 0 Å². The number of thiazole rings is 1. The van der Waals surface area contributed by atoms with Gasteiger partial charge in [-0.05, 0) is 19.1 Å². The number of fused-ring (bicyclic) bond motifs is 1. The van der Waals surface area contributed by atoms with Gasteiger partial charge in [-0.1, -0.05) is 17.7 Å². The molecule has 0 fully saturated rings. The maximum Gasteiger partial charge on any atom is 0.387 e. The van der Waals surface area contributed by atoms with Crippen molar-refractivity contribution in [3.8, 4) is 5.75 Å². The van der Waals surface area contributed by atoms with Crippen molar-refractivity contribution < 1.29 is 18.3 Å². The van der Waals surface area contributed by atoms with Gasteiger partial charge in [0.1, 0.15) is 10.6 Å². The molecule has 1 aromatic carbocycles. The van der Waals surface area contributed by atoms with E-state index in [2.05, 4.69) is 15.0 Å². The predicted octanol–water partition coefficient (Wildman–Crippen LogP) is 5.17. The van der Waals surface area contributed by atoms with Gasteiger partial charge in [0, 0.05) is 10.1 Å². The van der Waals surface area contributed by atoms with Crippen molar-refractivity contribution in [2.24, 2.45) is 0 Å². The molecule has 2 aromatic heterocycles. The highest BCUT2D eigenvalue weighted by Gasteiger charge is 2.21. The van der Waals surface area contributed by atoms with Crippen LogP contribution in [0.5, 0.6) is 5.75 Å². The summed E-state index contributed by atoms with van der Waals surface area (Å²) >= 11 is 8.62. The van der Waals surface area contributed by atoms with Crippen LogP contribution in [0.25, 0.3) is 10.1 Å². The maximum atomic E-state index is 12.5. The quantitative estimate of drug-likeness (QED) is 0.685.